The summed E-state index contributed by atoms with van der Waals surface area (Å²) in [5.41, 5.74) is -3.70. The Hall–Kier alpha value is -1.48. The van der Waals surface area contributed by atoms with Crippen LogP contribution in [-0.2, 0) is 10.5 Å². The standard InChI is InChI=1S/C19H28N2O6/c1-10-4-5-11-8-18(10,17(11,2)3)19(15(25)14(24)12(9-22)27-19)21-7-6-13(23)20-16(21)26/h6-7,10-12,14-15,22,24-25H,4-5,8-9H2,1-3H3,(H,20,23,26)/t10?,11?,12-,14-,15-,18?,19+/m1/s1. The molecule has 1 aromatic rings. The Balaban J connectivity index is 2.01. The fourth-order valence-corrected chi connectivity index (χ4v) is 6.51. The Morgan fingerprint density at radius 2 is 2.00 bits per heavy atom. The number of fused-ring (bicyclic) bond motifs is 2. The Labute approximate surface area is 156 Å². The highest BCUT2D eigenvalue weighted by Crippen LogP contribution is 2.76. The maximum Gasteiger partial charge on any atom is 0.330 e. The average Bonchev–Trinajstić information content (AvgIpc) is 2.87. The van der Waals surface area contributed by atoms with E-state index in [9.17, 15) is 24.9 Å². The SMILES string of the molecule is CC1CCC2CC1([C@@]1(n3ccc(=O)[nH]c3=O)O[C@H](CO)[C@@H](O)[C@H]1O)C2(C)C. The number of nitrogens with one attached hydrogen (secondary N) is 1. The first-order valence-electron chi connectivity index (χ1n) is 9.60. The number of aliphatic hydroxyl groups excluding tert-OH is 3. The summed E-state index contributed by atoms with van der Waals surface area (Å²) < 4.78 is 7.44. The lowest BCUT2D eigenvalue weighted by atomic mass is 9.33. The first-order chi connectivity index (χ1) is 12.6. The van der Waals surface area contributed by atoms with Crippen LogP contribution in [0.3, 0.4) is 0 Å². The van der Waals surface area contributed by atoms with Crippen LogP contribution in [0.2, 0.25) is 0 Å². The molecule has 0 spiro atoms. The van der Waals surface area contributed by atoms with Gasteiger partial charge in [-0.15, -0.1) is 0 Å². The zero-order valence-electron chi connectivity index (χ0n) is 15.9. The van der Waals surface area contributed by atoms with Crippen molar-refractivity contribution >= 4 is 0 Å². The molecular weight excluding hydrogens is 352 g/mol. The minimum atomic E-state index is -1.57. The summed E-state index contributed by atoms with van der Waals surface area (Å²) >= 11 is 0. The molecule has 0 amide bonds. The number of hydrogen-bond acceptors (Lipinski definition) is 6. The third-order valence-corrected chi connectivity index (χ3v) is 7.97. The van der Waals surface area contributed by atoms with Gasteiger partial charge >= 0.3 is 5.69 Å². The van der Waals surface area contributed by atoms with Gasteiger partial charge in [0, 0.05) is 17.7 Å². The zero-order valence-corrected chi connectivity index (χ0v) is 15.9. The number of aliphatic hydroxyl groups is 3. The first-order valence-corrected chi connectivity index (χ1v) is 9.60. The van der Waals surface area contributed by atoms with Gasteiger partial charge in [0.1, 0.15) is 18.3 Å². The van der Waals surface area contributed by atoms with Crippen LogP contribution in [0, 0.1) is 22.7 Å². The average molecular weight is 380 g/mol. The van der Waals surface area contributed by atoms with E-state index in [1.54, 1.807) is 0 Å². The van der Waals surface area contributed by atoms with E-state index in [1.165, 1.54) is 16.8 Å². The Bertz CT molecular complexity index is 862. The first kappa shape index (κ1) is 18.9. The van der Waals surface area contributed by atoms with Crippen molar-refractivity contribution in [1.29, 1.82) is 0 Å². The van der Waals surface area contributed by atoms with Gasteiger partial charge in [0.15, 0.2) is 5.72 Å². The summed E-state index contributed by atoms with van der Waals surface area (Å²) in [6, 6.07) is 1.21. The molecular formula is C19H28N2O6. The third-order valence-electron chi connectivity index (χ3n) is 7.97. The minimum Gasteiger partial charge on any atom is -0.394 e. The van der Waals surface area contributed by atoms with Gasteiger partial charge < -0.3 is 20.1 Å². The summed E-state index contributed by atoms with van der Waals surface area (Å²) in [6.45, 7) is 5.84. The second kappa shape index (κ2) is 5.76. The van der Waals surface area contributed by atoms with Crippen molar-refractivity contribution in [3.05, 3.63) is 33.1 Å². The minimum absolute atomic E-state index is 0.107. The van der Waals surface area contributed by atoms with E-state index in [-0.39, 0.29) is 11.3 Å². The molecule has 8 heteroatoms. The lowest BCUT2D eigenvalue weighted by molar-refractivity contribution is -0.350. The molecule has 2 bridgehead atoms. The topological polar surface area (TPSA) is 125 Å². The summed E-state index contributed by atoms with van der Waals surface area (Å²) in [5, 5.41) is 31.5. The second-order valence-electron chi connectivity index (χ2n) is 9.02. The van der Waals surface area contributed by atoms with Gasteiger partial charge in [0.05, 0.1) is 6.61 Å². The fraction of sp³-hybridized carbons (Fsp3) is 0.789. The van der Waals surface area contributed by atoms with Gasteiger partial charge in [0.2, 0.25) is 0 Å². The molecule has 0 aromatic carbocycles. The molecule has 150 valence electrons. The molecule has 3 saturated carbocycles. The molecule has 1 aliphatic heterocycles. The largest absolute Gasteiger partial charge is 0.394 e. The van der Waals surface area contributed by atoms with Crippen LogP contribution in [0.25, 0.3) is 0 Å². The monoisotopic (exact) mass is 380 g/mol. The predicted molar refractivity (Wildman–Crippen MR) is 96.0 cm³/mol. The molecule has 2 heterocycles. The molecule has 4 fully saturated rings. The maximum absolute atomic E-state index is 12.8. The van der Waals surface area contributed by atoms with Gasteiger partial charge in [0.25, 0.3) is 5.56 Å². The highest BCUT2D eigenvalue weighted by Gasteiger charge is 2.79. The molecule has 7 atom stereocenters. The fourth-order valence-electron chi connectivity index (χ4n) is 6.51. The molecule has 8 nitrogen and oxygen atoms in total. The van der Waals surface area contributed by atoms with Crippen molar-refractivity contribution in [2.45, 2.75) is 64.1 Å². The van der Waals surface area contributed by atoms with Crippen molar-refractivity contribution in [3.63, 3.8) is 0 Å². The lowest BCUT2D eigenvalue weighted by Crippen LogP contribution is -2.76. The van der Waals surface area contributed by atoms with E-state index >= 15 is 0 Å². The number of nitrogens with zero attached hydrogens (tertiary/aromatic N) is 1. The second-order valence-corrected chi connectivity index (χ2v) is 9.02. The van der Waals surface area contributed by atoms with Crippen molar-refractivity contribution < 1.29 is 20.1 Å². The van der Waals surface area contributed by atoms with Crippen LogP contribution in [0.1, 0.15) is 40.0 Å². The van der Waals surface area contributed by atoms with Crippen molar-refractivity contribution in [1.82, 2.24) is 9.55 Å². The number of ether oxygens (including phenoxy) is 1. The number of aromatic amines is 1. The summed E-state index contributed by atoms with van der Waals surface area (Å²) in [6.07, 6.45) is 0.284. The quantitative estimate of drug-likeness (QED) is 0.574. The lowest BCUT2D eigenvalue weighted by Gasteiger charge is -2.73. The summed E-state index contributed by atoms with van der Waals surface area (Å²) in [5.74, 6) is 0.528. The van der Waals surface area contributed by atoms with E-state index in [2.05, 4.69) is 25.8 Å². The number of hydrogen-bond donors (Lipinski definition) is 4. The van der Waals surface area contributed by atoms with Crippen molar-refractivity contribution in [2.24, 2.45) is 22.7 Å². The number of rotatable bonds is 3. The Kier molecular flexibility index (Phi) is 4.03. The molecule has 4 aliphatic rings. The number of H-pyrrole nitrogens is 1. The van der Waals surface area contributed by atoms with Gasteiger partial charge in [-0.05, 0) is 36.5 Å². The van der Waals surface area contributed by atoms with Crippen molar-refractivity contribution in [2.75, 3.05) is 6.61 Å². The molecule has 3 unspecified atom stereocenters. The van der Waals surface area contributed by atoms with Crippen LogP contribution in [0.4, 0.5) is 0 Å². The Morgan fingerprint density at radius 3 is 2.52 bits per heavy atom. The van der Waals surface area contributed by atoms with Gasteiger partial charge in [-0.2, -0.15) is 0 Å². The van der Waals surface area contributed by atoms with Gasteiger partial charge in [-0.25, -0.2) is 4.79 Å². The van der Waals surface area contributed by atoms with E-state index in [1.807, 2.05) is 0 Å². The molecule has 0 radical (unpaired) electrons. The van der Waals surface area contributed by atoms with Crippen LogP contribution >= 0.6 is 0 Å². The van der Waals surface area contributed by atoms with Crippen LogP contribution in [-0.4, -0.2) is 49.8 Å². The molecule has 1 aromatic heterocycles. The van der Waals surface area contributed by atoms with Crippen LogP contribution in [0.5, 0.6) is 0 Å². The van der Waals surface area contributed by atoms with Gasteiger partial charge in [-0.3, -0.25) is 14.3 Å². The molecule has 1 saturated heterocycles. The molecule has 27 heavy (non-hydrogen) atoms. The number of aromatic nitrogens is 2. The normalized spacial score (nSPS) is 45.5. The highest BCUT2D eigenvalue weighted by molar-refractivity contribution is 5.23. The van der Waals surface area contributed by atoms with Gasteiger partial charge in [-0.1, -0.05) is 20.8 Å². The summed E-state index contributed by atoms with van der Waals surface area (Å²) in [7, 11) is 0. The molecule has 5 rings (SSSR count). The zero-order chi connectivity index (χ0) is 19.8. The van der Waals surface area contributed by atoms with Crippen LogP contribution < -0.4 is 11.2 Å². The van der Waals surface area contributed by atoms with Crippen molar-refractivity contribution in [3.8, 4) is 0 Å². The highest BCUT2D eigenvalue weighted by atomic mass is 16.6. The summed E-state index contributed by atoms with van der Waals surface area (Å²) in [4.78, 5) is 26.6. The molecule has 4 N–H and O–H groups in total. The van der Waals surface area contributed by atoms with Crippen LogP contribution in [0.15, 0.2) is 21.9 Å². The van der Waals surface area contributed by atoms with E-state index in [0.29, 0.717) is 5.92 Å². The van der Waals surface area contributed by atoms with E-state index in [4.69, 9.17) is 4.74 Å². The Morgan fingerprint density at radius 1 is 1.30 bits per heavy atom. The molecule has 3 aliphatic carbocycles. The maximum atomic E-state index is 12.8. The predicted octanol–water partition coefficient (Wildman–Crippen LogP) is -0.235. The van der Waals surface area contributed by atoms with E-state index < -0.39 is 47.3 Å². The van der Waals surface area contributed by atoms with E-state index in [0.717, 1.165) is 19.3 Å². The third kappa shape index (κ3) is 2.02. The smallest absolute Gasteiger partial charge is 0.330 e.